The van der Waals surface area contributed by atoms with Crippen molar-refractivity contribution in [3.05, 3.63) is 64.4 Å². The predicted molar refractivity (Wildman–Crippen MR) is 105 cm³/mol. The molecule has 0 atom stereocenters. The Hall–Kier alpha value is -2.38. The van der Waals surface area contributed by atoms with Gasteiger partial charge in [-0.2, -0.15) is 0 Å². The van der Waals surface area contributed by atoms with Crippen molar-refractivity contribution in [3.63, 3.8) is 0 Å². The molecule has 0 aromatic heterocycles. The number of nitrogens with one attached hydrogen (secondary N) is 1. The van der Waals surface area contributed by atoms with Crippen LogP contribution < -0.4 is 5.32 Å². The summed E-state index contributed by atoms with van der Waals surface area (Å²) >= 11 is 5.68. The number of benzene rings is 2. The third kappa shape index (κ3) is 5.58. The molecule has 4 nitrogen and oxygen atoms in total. The Labute approximate surface area is 171 Å². The first-order chi connectivity index (χ1) is 13.8. The highest BCUT2D eigenvalue weighted by atomic mass is 35.5. The quantitative estimate of drug-likeness (QED) is 0.685. The number of halogens is 4. The van der Waals surface area contributed by atoms with Gasteiger partial charge >= 0.3 is 0 Å². The molecule has 29 heavy (non-hydrogen) atoms. The molecule has 0 saturated carbocycles. The fourth-order valence-corrected chi connectivity index (χ4v) is 3.55. The molecule has 1 heterocycles. The molecule has 1 saturated heterocycles. The number of hydrogen-bond acceptors (Lipinski definition) is 3. The molecular weight excluding hydrogens is 405 g/mol. The normalized spacial score (nSPS) is 15.3. The van der Waals surface area contributed by atoms with E-state index in [-0.39, 0.29) is 34.5 Å². The fourth-order valence-electron chi connectivity index (χ4n) is 3.39. The number of carbonyl (C=O) groups excluding carboxylic acids is 2. The first-order valence-electron chi connectivity index (χ1n) is 9.30. The van der Waals surface area contributed by atoms with Gasteiger partial charge in [-0.15, -0.1) is 0 Å². The van der Waals surface area contributed by atoms with Gasteiger partial charge in [0.15, 0.2) is 5.78 Å². The average molecular weight is 425 g/mol. The SMILES string of the molecule is O=C(CCN1CCC(C(=O)c2cc(F)ccc2F)CC1)Nc1ccc(Cl)cc1F. The first-order valence-corrected chi connectivity index (χ1v) is 9.68. The number of amides is 1. The van der Waals surface area contributed by atoms with Gasteiger partial charge in [0.25, 0.3) is 0 Å². The lowest BCUT2D eigenvalue weighted by Crippen LogP contribution is -2.38. The molecule has 1 aliphatic rings. The van der Waals surface area contributed by atoms with Crippen molar-refractivity contribution in [3.8, 4) is 0 Å². The van der Waals surface area contributed by atoms with Crippen molar-refractivity contribution in [2.45, 2.75) is 19.3 Å². The Morgan fingerprint density at radius 1 is 1.03 bits per heavy atom. The highest BCUT2D eigenvalue weighted by Gasteiger charge is 2.27. The second kappa shape index (κ2) is 9.41. The van der Waals surface area contributed by atoms with E-state index in [0.29, 0.717) is 32.5 Å². The van der Waals surface area contributed by atoms with E-state index in [1.54, 1.807) is 0 Å². The van der Waals surface area contributed by atoms with E-state index in [9.17, 15) is 22.8 Å². The van der Waals surface area contributed by atoms with Crippen molar-refractivity contribution in [1.82, 2.24) is 4.90 Å². The number of anilines is 1. The average Bonchev–Trinajstić information content (AvgIpc) is 2.70. The van der Waals surface area contributed by atoms with Crippen LogP contribution in [0.5, 0.6) is 0 Å². The molecule has 1 fully saturated rings. The highest BCUT2D eigenvalue weighted by molar-refractivity contribution is 6.30. The maximum Gasteiger partial charge on any atom is 0.225 e. The van der Waals surface area contributed by atoms with E-state index in [4.69, 9.17) is 11.6 Å². The smallest absolute Gasteiger partial charge is 0.225 e. The lowest BCUT2D eigenvalue weighted by molar-refractivity contribution is -0.116. The summed E-state index contributed by atoms with van der Waals surface area (Å²) < 4.78 is 40.9. The van der Waals surface area contributed by atoms with Gasteiger partial charge in [-0.25, -0.2) is 13.2 Å². The maximum atomic E-state index is 13.8. The molecule has 0 aliphatic carbocycles. The van der Waals surface area contributed by atoms with Crippen LogP contribution in [0.3, 0.4) is 0 Å². The Morgan fingerprint density at radius 3 is 2.45 bits per heavy atom. The Balaban J connectivity index is 1.46. The molecule has 0 spiro atoms. The molecule has 3 rings (SSSR count). The number of likely N-dealkylation sites (tertiary alicyclic amines) is 1. The molecule has 1 N–H and O–H groups in total. The zero-order chi connectivity index (χ0) is 21.0. The monoisotopic (exact) mass is 424 g/mol. The second-order valence-corrected chi connectivity index (χ2v) is 7.46. The number of rotatable bonds is 6. The first kappa shape index (κ1) is 21.3. The predicted octanol–water partition coefficient (Wildman–Crippen LogP) is 4.68. The minimum absolute atomic E-state index is 0.0702. The molecule has 0 bridgehead atoms. The summed E-state index contributed by atoms with van der Waals surface area (Å²) in [6.07, 6.45) is 1.17. The summed E-state index contributed by atoms with van der Waals surface area (Å²) in [5.41, 5.74) is -0.145. The van der Waals surface area contributed by atoms with Crippen LogP contribution in [0.1, 0.15) is 29.6 Å². The Morgan fingerprint density at radius 2 is 1.76 bits per heavy atom. The maximum absolute atomic E-state index is 13.8. The largest absolute Gasteiger partial charge is 0.324 e. The summed E-state index contributed by atoms with van der Waals surface area (Å²) in [6, 6.07) is 6.89. The molecular formula is C21H20ClF3N2O2. The van der Waals surface area contributed by atoms with Crippen LogP contribution in [0.15, 0.2) is 36.4 Å². The Bertz CT molecular complexity index is 915. The van der Waals surface area contributed by atoms with Crippen LogP contribution in [0, 0.1) is 23.4 Å². The highest BCUT2D eigenvalue weighted by Crippen LogP contribution is 2.24. The molecule has 0 unspecified atom stereocenters. The number of nitrogens with zero attached hydrogens (tertiary/aromatic N) is 1. The van der Waals surface area contributed by atoms with E-state index in [2.05, 4.69) is 5.32 Å². The number of piperidine rings is 1. The van der Waals surface area contributed by atoms with E-state index in [0.717, 1.165) is 24.3 Å². The standard InChI is InChI=1S/C21H20ClF3N2O2/c22-14-1-4-19(18(25)11-14)26-20(28)7-10-27-8-5-13(6-9-27)21(29)16-12-15(23)2-3-17(16)24/h1-4,11-13H,5-10H2,(H,26,28). The third-order valence-electron chi connectivity index (χ3n) is 5.01. The lowest BCUT2D eigenvalue weighted by atomic mass is 9.88. The van der Waals surface area contributed by atoms with Gasteiger partial charge in [-0.3, -0.25) is 9.59 Å². The number of ketones is 1. The molecule has 8 heteroatoms. The summed E-state index contributed by atoms with van der Waals surface area (Å²) in [5, 5.41) is 2.75. The van der Waals surface area contributed by atoms with Gasteiger partial charge in [0.05, 0.1) is 11.3 Å². The number of carbonyl (C=O) groups is 2. The van der Waals surface area contributed by atoms with Crippen LogP contribution in [-0.4, -0.2) is 36.2 Å². The van der Waals surface area contributed by atoms with Crippen molar-refractivity contribution in [1.29, 1.82) is 0 Å². The van der Waals surface area contributed by atoms with Crippen LogP contribution in [0.4, 0.5) is 18.9 Å². The van der Waals surface area contributed by atoms with Gasteiger partial charge in [-0.05, 0) is 62.3 Å². The summed E-state index contributed by atoms with van der Waals surface area (Å²) in [7, 11) is 0. The van der Waals surface area contributed by atoms with Crippen molar-refractivity contribution in [2.24, 2.45) is 5.92 Å². The van der Waals surface area contributed by atoms with Gasteiger partial charge in [-0.1, -0.05) is 11.6 Å². The topological polar surface area (TPSA) is 49.4 Å². The third-order valence-corrected chi connectivity index (χ3v) is 5.25. The van der Waals surface area contributed by atoms with Crippen molar-refractivity contribution >= 4 is 29.0 Å². The summed E-state index contributed by atoms with van der Waals surface area (Å²) in [5.74, 6) is -3.06. The van der Waals surface area contributed by atoms with Crippen molar-refractivity contribution in [2.75, 3.05) is 25.0 Å². The van der Waals surface area contributed by atoms with Crippen LogP contribution in [-0.2, 0) is 4.79 Å². The summed E-state index contributed by atoms with van der Waals surface area (Å²) in [6.45, 7) is 1.59. The molecule has 154 valence electrons. The minimum atomic E-state index is -0.718. The van der Waals surface area contributed by atoms with Crippen LogP contribution >= 0.6 is 11.6 Å². The van der Waals surface area contributed by atoms with Crippen LogP contribution in [0.2, 0.25) is 5.02 Å². The van der Waals surface area contributed by atoms with E-state index < -0.39 is 23.2 Å². The van der Waals surface area contributed by atoms with Gasteiger partial charge in [0.2, 0.25) is 5.91 Å². The van der Waals surface area contributed by atoms with Crippen LogP contribution in [0.25, 0.3) is 0 Å². The van der Waals surface area contributed by atoms with E-state index in [1.807, 2.05) is 4.90 Å². The molecule has 2 aromatic carbocycles. The minimum Gasteiger partial charge on any atom is -0.324 e. The fraction of sp³-hybridized carbons (Fsp3) is 0.333. The molecule has 2 aromatic rings. The van der Waals surface area contributed by atoms with Gasteiger partial charge in [0, 0.05) is 23.9 Å². The molecule has 0 radical (unpaired) electrons. The number of Topliss-reactive ketones (excluding diaryl/α,β-unsaturated/α-hetero) is 1. The molecule has 1 aliphatic heterocycles. The zero-order valence-electron chi connectivity index (χ0n) is 15.6. The van der Waals surface area contributed by atoms with Gasteiger partial charge in [0.1, 0.15) is 17.5 Å². The van der Waals surface area contributed by atoms with Crippen molar-refractivity contribution < 1.29 is 22.8 Å². The van der Waals surface area contributed by atoms with Gasteiger partial charge < -0.3 is 10.2 Å². The van der Waals surface area contributed by atoms with E-state index in [1.165, 1.54) is 12.1 Å². The van der Waals surface area contributed by atoms with E-state index >= 15 is 0 Å². The summed E-state index contributed by atoms with van der Waals surface area (Å²) in [4.78, 5) is 26.5. The second-order valence-electron chi connectivity index (χ2n) is 7.03. The number of hydrogen-bond donors (Lipinski definition) is 1. The Kier molecular flexibility index (Phi) is 6.92. The lowest BCUT2D eigenvalue weighted by Gasteiger charge is -2.31. The zero-order valence-corrected chi connectivity index (χ0v) is 16.3. The molecule has 1 amide bonds.